The molecule has 0 aromatic rings. The molecular formula is C14H28N2O. The second kappa shape index (κ2) is 5.68. The van der Waals surface area contributed by atoms with E-state index >= 15 is 0 Å². The number of hydrogen-bond acceptors (Lipinski definition) is 3. The van der Waals surface area contributed by atoms with E-state index in [4.69, 9.17) is 10.5 Å². The van der Waals surface area contributed by atoms with Crippen molar-refractivity contribution >= 4 is 0 Å². The Morgan fingerprint density at radius 3 is 2.41 bits per heavy atom. The molecule has 0 aromatic carbocycles. The summed E-state index contributed by atoms with van der Waals surface area (Å²) in [6.45, 7) is 2.00. The Morgan fingerprint density at radius 1 is 1.24 bits per heavy atom. The maximum atomic E-state index is 5.99. The average molecular weight is 240 g/mol. The molecular weight excluding hydrogens is 212 g/mol. The topological polar surface area (TPSA) is 38.5 Å². The monoisotopic (exact) mass is 240 g/mol. The summed E-state index contributed by atoms with van der Waals surface area (Å²) in [4.78, 5) is 2.53. The lowest BCUT2D eigenvalue weighted by Crippen LogP contribution is -2.63. The number of methoxy groups -OCH3 is 1. The van der Waals surface area contributed by atoms with Crippen LogP contribution in [0.15, 0.2) is 0 Å². The Kier molecular flexibility index (Phi) is 4.45. The van der Waals surface area contributed by atoms with E-state index in [0.29, 0.717) is 6.10 Å². The maximum Gasteiger partial charge on any atom is 0.0607 e. The molecule has 17 heavy (non-hydrogen) atoms. The minimum absolute atomic E-state index is 0.234. The zero-order chi connectivity index (χ0) is 12.3. The van der Waals surface area contributed by atoms with Gasteiger partial charge in [0.25, 0.3) is 0 Å². The number of rotatable bonds is 5. The van der Waals surface area contributed by atoms with Crippen LogP contribution in [-0.4, -0.2) is 43.8 Å². The molecule has 0 unspecified atom stereocenters. The Bertz CT molecular complexity index is 232. The highest BCUT2D eigenvalue weighted by Gasteiger charge is 2.46. The summed E-state index contributed by atoms with van der Waals surface area (Å²) in [5.74, 6) is 0.902. The normalized spacial score (nSPS) is 34.9. The van der Waals surface area contributed by atoms with E-state index in [1.54, 1.807) is 0 Å². The van der Waals surface area contributed by atoms with Gasteiger partial charge in [0.05, 0.1) is 6.10 Å². The molecule has 2 saturated carbocycles. The molecule has 0 spiro atoms. The molecule has 2 N–H and O–H groups in total. The summed E-state index contributed by atoms with van der Waals surface area (Å²) >= 11 is 0. The predicted octanol–water partition coefficient (Wildman–Crippen LogP) is 2.00. The molecule has 2 fully saturated rings. The fourth-order valence-electron chi connectivity index (χ4n) is 3.54. The number of hydrogen-bond donors (Lipinski definition) is 1. The number of likely N-dealkylation sites (N-methyl/N-ethyl adjacent to an activating group) is 1. The molecule has 0 amide bonds. The van der Waals surface area contributed by atoms with Crippen LogP contribution in [0.25, 0.3) is 0 Å². The van der Waals surface area contributed by atoms with Gasteiger partial charge in [-0.05, 0) is 38.6 Å². The molecule has 0 saturated heterocycles. The molecule has 0 aromatic heterocycles. The first-order chi connectivity index (χ1) is 8.20. The highest BCUT2D eigenvalue weighted by Crippen LogP contribution is 2.39. The molecule has 0 bridgehead atoms. The molecule has 0 atom stereocenters. The summed E-state index contributed by atoms with van der Waals surface area (Å²) < 4.78 is 5.40. The maximum absolute atomic E-state index is 5.99. The molecule has 0 radical (unpaired) electrons. The van der Waals surface area contributed by atoms with E-state index in [2.05, 4.69) is 11.9 Å². The Hall–Kier alpha value is -0.120. The molecule has 100 valence electrons. The molecule has 0 heterocycles. The zero-order valence-electron chi connectivity index (χ0n) is 11.5. The van der Waals surface area contributed by atoms with Crippen molar-refractivity contribution in [3.63, 3.8) is 0 Å². The molecule has 2 aliphatic rings. The van der Waals surface area contributed by atoms with Crippen LogP contribution in [0.5, 0.6) is 0 Å². The zero-order valence-corrected chi connectivity index (χ0v) is 11.5. The fraction of sp³-hybridized carbons (Fsp3) is 1.00. The molecule has 3 heteroatoms. The smallest absolute Gasteiger partial charge is 0.0607 e. The summed E-state index contributed by atoms with van der Waals surface area (Å²) in [6.07, 6.45) is 9.79. The molecule has 2 rings (SSSR count). The van der Waals surface area contributed by atoms with Crippen LogP contribution in [0.3, 0.4) is 0 Å². The van der Waals surface area contributed by atoms with Crippen molar-refractivity contribution in [1.29, 1.82) is 0 Å². The van der Waals surface area contributed by atoms with E-state index in [1.807, 2.05) is 7.11 Å². The summed E-state index contributed by atoms with van der Waals surface area (Å²) in [5, 5.41) is 0. The van der Waals surface area contributed by atoms with Gasteiger partial charge in [0, 0.05) is 25.7 Å². The largest absolute Gasteiger partial charge is 0.381 e. The van der Waals surface area contributed by atoms with Crippen molar-refractivity contribution in [2.45, 2.75) is 56.6 Å². The van der Waals surface area contributed by atoms with Crippen molar-refractivity contribution in [2.75, 3.05) is 27.2 Å². The van der Waals surface area contributed by atoms with E-state index in [1.165, 1.54) is 38.6 Å². The standard InChI is InChI=1S/C14H28N2O/c1-16(10-12-6-4-3-5-7-12)14(11-15)8-13(9-14)17-2/h12-13H,3-11,15H2,1-2H3. The van der Waals surface area contributed by atoms with Gasteiger partial charge in [0.1, 0.15) is 0 Å². The summed E-state index contributed by atoms with van der Waals surface area (Å²) in [6, 6.07) is 0. The van der Waals surface area contributed by atoms with E-state index in [0.717, 1.165) is 25.3 Å². The Balaban J connectivity index is 1.83. The number of nitrogens with zero attached hydrogens (tertiary/aromatic N) is 1. The average Bonchev–Trinajstić information content (AvgIpc) is 2.30. The molecule has 2 aliphatic carbocycles. The van der Waals surface area contributed by atoms with Crippen LogP contribution in [0.1, 0.15) is 44.9 Å². The lowest BCUT2D eigenvalue weighted by molar-refractivity contribution is -0.0831. The van der Waals surface area contributed by atoms with Crippen molar-refractivity contribution in [2.24, 2.45) is 11.7 Å². The molecule has 0 aliphatic heterocycles. The fourth-order valence-corrected chi connectivity index (χ4v) is 3.54. The van der Waals surface area contributed by atoms with Gasteiger partial charge in [0.2, 0.25) is 0 Å². The van der Waals surface area contributed by atoms with Crippen LogP contribution < -0.4 is 5.73 Å². The predicted molar refractivity (Wildman–Crippen MR) is 71.0 cm³/mol. The van der Waals surface area contributed by atoms with Crippen LogP contribution in [0.4, 0.5) is 0 Å². The van der Waals surface area contributed by atoms with Gasteiger partial charge in [0.15, 0.2) is 0 Å². The van der Waals surface area contributed by atoms with E-state index in [9.17, 15) is 0 Å². The number of ether oxygens (including phenoxy) is 1. The first kappa shape index (κ1) is 13.3. The Morgan fingerprint density at radius 2 is 1.88 bits per heavy atom. The number of nitrogens with two attached hydrogens (primary N) is 1. The highest BCUT2D eigenvalue weighted by molar-refractivity contribution is 5.03. The van der Waals surface area contributed by atoms with Crippen LogP contribution in [0.2, 0.25) is 0 Å². The van der Waals surface area contributed by atoms with Crippen molar-refractivity contribution < 1.29 is 4.74 Å². The van der Waals surface area contributed by atoms with Gasteiger partial charge < -0.3 is 10.5 Å². The van der Waals surface area contributed by atoms with Gasteiger partial charge in [-0.25, -0.2) is 0 Å². The Labute approximate surface area is 106 Å². The van der Waals surface area contributed by atoms with Crippen LogP contribution >= 0.6 is 0 Å². The van der Waals surface area contributed by atoms with Gasteiger partial charge in [-0.15, -0.1) is 0 Å². The minimum Gasteiger partial charge on any atom is -0.381 e. The van der Waals surface area contributed by atoms with Gasteiger partial charge >= 0.3 is 0 Å². The van der Waals surface area contributed by atoms with Gasteiger partial charge in [-0.1, -0.05) is 19.3 Å². The highest BCUT2D eigenvalue weighted by atomic mass is 16.5. The summed E-state index contributed by atoms with van der Waals surface area (Å²) in [5.41, 5.74) is 6.23. The minimum atomic E-state index is 0.234. The molecule has 3 nitrogen and oxygen atoms in total. The first-order valence-corrected chi connectivity index (χ1v) is 7.14. The second-order valence-electron chi connectivity index (χ2n) is 6.08. The third kappa shape index (κ3) is 2.83. The van der Waals surface area contributed by atoms with E-state index < -0.39 is 0 Å². The quantitative estimate of drug-likeness (QED) is 0.799. The van der Waals surface area contributed by atoms with Gasteiger partial charge in [-0.2, -0.15) is 0 Å². The third-order valence-corrected chi connectivity index (χ3v) is 5.00. The van der Waals surface area contributed by atoms with Crippen molar-refractivity contribution in [3.8, 4) is 0 Å². The second-order valence-corrected chi connectivity index (χ2v) is 6.08. The van der Waals surface area contributed by atoms with E-state index in [-0.39, 0.29) is 5.54 Å². The van der Waals surface area contributed by atoms with Crippen molar-refractivity contribution in [1.82, 2.24) is 4.90 Å². The van der Waals surface area contributed by atoms with Crippen LogP contribution in [0, 0.1) is 5.92 Å². The van der Waals surface area contributed by atoms with Gasteiger partial charge in [-0.3, -0.25) is 4.90 Å². The lowest BCUT2D eigenvalue weighted by Gasteiger charge is -2.53. The van der Waals surface area contributed by atoms with Crippen molar-refractivity contribution in [3.05, 3.63) is 0 Å². The SMILES string of the molecule is COC1CC(CN)(N(C)CC2CCCCC2)C1. The first-order valence-electron chi connectivity index (χ1n) is 7.14. The summed E-state index contributed by atoms with van der Waals surface area (Å²) in [7, 11) is 4.07. The third-order valence-electron chi connectivity index (χ3n) is 5.00. The van der Waals surface area contributed by atoms with Crippen LogP contribution in [-0.2, 0) is 4.74 Å². The lowest BCUT2D eigenvalue weighted by atomic mass is 9.72.